The van der Waals surface area contributed by atoms with Gasteiger partial charge in [0.15, 0.2) is 6.61 Å². The number of carbonyl (C=O) groups excluding carboxylic acids is 1. The lowest BCUT2D eigenvalue weighted by molar-refractivity contribution is -0.123. The molecule has 1 amide bonds. The third-order valence-corrected chi connectivity index (χ3v) is 5.06. The Balaban J connectivity index is 1.40. The van der Waals surface area contributed by atoms with Crippen LogP contribution in [0.4, 0.5) is 0 Å². The van der Waals surface area contributed by atoms with E-state index in [1.54, 1.807) is 19.2 Å². The molecule has 31 heavy (non-hydrogen) atoms. The summed E-state index contributed by atoms with van der Waals surface area (Å²) in [5.41, 5.74) is 3.25. The van der Waals surface area contributed by atoms with Crippen LogP contribution >= 0.6 is 0 Å². The topological polar surface area (TPSA) is 65.4 Å². The highest BCUT2D eigenvalue weighted by Crippen LogP contribution is 2.19. The Labute approximate surface area is 181 Å². The molecule has 0 saturated heterocycles. The average molecular weight is 415 g/mol. The monoisotopic (exact) mass is 415 g/mol. The van der Waals surface area contributed by atoms with E-state index in [4.69, 9.17) is 14.5 Å². The van der Waals surface area contributed by atoms with Gasteiger partial charge in [-0.05, 0) is 36.2 Å². The van der Waals surface area contributed by atoms with Gasteiger partial charge in [0.05, 0.1) is 24.7 Å². The van der Waals surface area contributed by atoms with Crippen LogP contribution in [-0.2, 0) is 24.3 Å². The normalized spacial score (nSPS) is 10.7. The maximum absolute atomic E-state index is 12.3. The summed E-state index contributed by atoms with van der Waals surface area (Å²) in [6, 6.07) is 25.6. The fraction of sp³-hybridized carbons (Fsp3) is 0.200. The molecule has 0 radical (unpaired) electrons. The van der Waals surface area contributed by atoms with Gasteiger partial charge in [0.1, 0.15) is 17.3 Å². The molecule has 6 heteroatoms. The first kappa shape index (κ1) is 20.5. The third-order valence-electron chi connectivity index (χ3n) is 5.06. The fourth-order valence-electron chi connectivity index (χ4n) is 3.46. The van der Waals surface area contributed by atoms with Gasteiger partial charge in [0.25, 0.3) is 5.91 Å². The predicted molar refractivity (Wildman–Crippen MR) is 120 cm³/mol. The molecule has 0 bridgehead atoms. The minimum atomic E-state index is -0.204. The van der Waals surface area contributed by atoms with Crippen LogP contribution in [0.5, 0.6) is 11.5 Å². The number of para-hydroxylation sites is 2. The van der Waals surface area contributed by atoms with Gasteiger partial charge in [-0.25, -0.2) is 4.98 Å². The number of ether oxygens (including phenoxy) is 2. The van der Waals surface area contributed by atoms with Crippen LogP contribution in [0, 0.1) is 0 Å². The number of benzene rings is 3. The fourth-order valence-corrected chi connectivity index (χ4v) is 3.46. The van der Waals surface area contributed by atoms with Crippen LogP contribution in [0.3, 0.4) is 0 Å². The number of nitrogens with one attached hydrogen (secondary N) is 1. The Hall–Kier alpha value is -3.80. The first-order valence-corrected chi connectivity index (χ1v) is 10.2. The van der Waals surface area contributed by atoms with Crippen molar-refractivity contribution in [2.75, 3.05) is 13.7 Å². The number of fused-ring (bicyclic) bond motifs is 1. The Morgan fingerprint density at radius 2 is 1.74 bits per heavy atom. The molecule has 0 aliphatic heterocycles. The number of rotatable bonds is 9. The molecule has 3 aromatic carbocycles. The molecule has 4 rings (SSSR count). The number of methoxy groups -OCH3 is 1. The molecule has 6 nitrogen and oxygen atoms in total. The lowest BCUT2D eigenvalue weighted by Gasteiger charge is -2.11. The van der Waals surface area contributed by atoms with Crippen molar-refractivity contribution in [2.24, 2.45) is 0 Å². The molecule has 4 aromatic rings. The van der Waals surface area contributed by atoms with Crippen molar-refractivity contribution in [2.45, 2.75) is 19.5 Å². The minimum Gasteiger partial charge on any atom is -0.497 e. The summed E-state index contributed by atoms with van der Waals surface area (Å²) < 4.78 is 12.9. The zero-order valence-corrected chi connectivity index (χ0v) is 17.5. The van der Waals surface area contributed by atoms with Crippen LogP contribution in [0.15, 0.2) is 78.9 Å². The van der Waals surface area contributed by atoms with Crippen molar-refractivity contribution >= 4 is 16.9 Å². The summed E-state index contributed by atoms with van der Waals surface area (Å²) >= 11 is 0. The van der Waals surface area contributed by atoms with Gasteiger partial charge in [-0.2, -0.15) is 0 Å². The van der Waals surface area contributed by atoms with Gasteiger partial charge < -0.3 is 19.4 Å². The van der Waals surface area contributed by atoms with Crippen LogP contribution in [0.1, 0.15) is 11.4 Å². The van der Waals surface area contributed by atoms with Crippen LogP contribution in [0.25, 0.3) is 11.0 Å². The summed E-state index contributed by atoms with van der Waals surface area (Å²) in [4.78, 5) is 17.1. The standard InChI is InChI=1S/C25H25N3O3/c1-30-20-10-7-11-21(16-20)31-18-25(29)26-17-24-27-22-12-5-6-13-23(22)28(24)15-14-19-8-3-2-4-9-19/h2-13,16H,14-15,17-18H2,1H3,(H,26,29). The van der Waals surface area contributed by atoms with E-state index in [9.17, 15) is 4.79 Å². The highest BCUT2D eigenvalue weighted by molar-refractivity contribution is 5.78. The molecule has 0 spiro atoms. The van der Waals surface area contributed by atoms with Gasteiger partial charge in [-0.15, -0.1) is 0 Å². The molecule has 0 aliphatic carbocycles. The molecule has 0 aliphatic rings. The molecule has 0 atom stereocenters. The van der Waals surface area contributed by atoms with Gasteiger partial charge in [-0.3, -0.25) is 4.79 Å². The summed E-state index contributed by atoms with van der Waals surface area (Å²) in [6.45, 7) is 1.05. The summed E-state index contributed by atoms with van der Waals surface area (Å²) in [7, 11) is 1.59. The summed E-state index contributed by atoms with van der Waals surface area (Å²) in [6.07, 6.45) is 0.890. The largest absolute Gasteiger partial charge is 0.497 e. The lowest BCUT2D eigenvalue weighted by atomic mass is 10.1. The SMILES string of the molecule is COc1cccc(OCC(=O)NCc2nc3ccccc3n2CCc2ccccc2)c1. The number of nitrogens with zero attached hydrogens (tertiary/aromatic N) is 2. The van der Waals surface area contributed by atoms with E-state index in [0.717, 1.165) is 29.8 Å². The molecule has 0 fully saturated rings. The van der Waals surface area contributed by atoms with E-state index >= 15 is 0 Å². The number of imidazole rings is 1. The van der Waals surface area contributed by atoms with E-state index in [-0.39, 0.29) is 12.5 Å². The lowest BCUT2D eigenvalue weighted by Crippen LogP contribution is -2.29. The first-order chi connectivity index (χ1) is 15.2. The second-order valence-corrected chi connectivity index (χ2v) is 7.15. The number of hydrogen-bond donors (Lipinski definition) is 1. The molecular formula is C25H25N3O3. The van der Waals surface area contributed by atoms with E-state index in [2.05, 4.69) is 28.1 Å². The molecule has 0 unspecified atom stereocenters. The Bertz CT molecular complexity index is 1160. The first-order valence-electron chi connectivity index (χ1n) is 10.2. The molecule has 1 N–H and O–H groups in total. The zero-order chi connectivity index (χ0) is 21.5. The van der Waals surface area contributed by atoms with E-state index in [0.29, 0.717) is 18.0 Å². The highest BCUT2D eigenvalue weighted by Gasteiger charge is 2.12. The van der Waals surface area contributed by atoms with Gasteiger partial charge >= 0.3 is 0 Å². The zero-order valence-electron chi connectivity index (χ0n) is 17.5. The molecule has 158 valence electrons. The van der Waals surface area contributed by atoms with Crippen molar-refractivity contribution in [3.8, 4) is 11.5 Å². The van der Waals surface area contributed by atoms with Crippen molar-refractivity contribution < 1.29 is 14.3 Å². The number of hydrogen-bond acceptors (Lipinski definition) is 4. The molecule has 0 saturated carbocycles. The maximum Gasteiger partial charge on any atom is 0.258 e. The average Bonchev–Trinajstić information content (AvgIpc) is 3.18. The van der Waals surface area contributed by atoms with Gasteiger partial charge in [0, 0.05) is 12.6 Å². The van der Waals surface area contributed by atoms with Crippen molar-refractivity contribution in [1.82, 2.24) is 14.9 Å². The molecule has 1 aromatic heterocycles. The second kappa shape index (κ2) is 9.80. The van der Waals surface area contributed by atoms with Crippen LogP contribution in [-0.4, -0.2) is 29.2 Å². The molecule has 1 heterocycles. The minimum absolute atomic E-state index is 0.0720. The predicted octanol–water partition coefficient (Wildman–Crippen LogP) is 3.98. The van der Waals surface area contributed by atoms with E-state index in [1.165, 1.54) is 5.56 Å². The van der Waals surface area contributed by atoms with Gasteiger partial charge in [-0.1, -0.05) is 48.5 Å². The number of amides is 1. The van der Waals surface area contributed by atoms with Gasteiger partial charge in [0.2, 0.25) is 0 Å². The van der Waals surface area contributed by atoms with Crippen molar-refractivity contribution in [3.05, 3.63) is 90.3 Å². The summed E-state index contributed by atoms with van der Waals surface area (Å²) in [5, 5.41) is 2.92. The smallest absolute Gasteiger partial charge is 0.258 e. The molecular weight excluding hydrogens is 390 g/mol. The quantitative estimate of drug-likeness (QED) is 0.449. The number of carbonyl (C=O) groups is 1. The van der Waals surface area contributed by atoms with E-state index < -0.39 is 0 Å². The summed E-state index contributed by atoms with van der Waals surface area (Å²) in [5.74, 6) is 1.89. The Morgan fingerprint density at radius 3 is 2.58 bits per heavy atom. The number of aromatic nitrogens is 2. The highest BCUT2D eigenvalue weighted by atomic mass is 16.5. The number of aryl methyl sites for hydroxylation is 2. The van der Waals surface area contributed by atoms with Crippen LogP contribution < -0.4 is 14.8 Å². The Kier molecular flexibility index (Phi) is 6.47. The second-order valence-electron chi connectivity index (χ2n) is 7.15. The maximum atomic E-state index is 12.3. The van der Waals surface area contributed by atoms with Crippen molar-refractivity contribution in [1.29, 1.82) is 0 Å². The van der Waals surface area contributed by atoms with Crippen LogP contribution in [0.2, 0.25) is 0 Å². The Morgan fingerprint density at radius 1 is 0.968 bits per heavy atom. The van der Waals surface area contributed by atoms with Crippen molar-refractivity contribution in [3.63, 3.8) is 0 Å². The van der Waals surface area contributed by atoms with E-state index in [1.807, 2.05) is 48.5 Å². The third kappa shape index (κ3) is 5.22.